The highest BCUT2D eigenvalue weighted by molar-refractivity contribution is 7.44. The number of aromatic amines is 1. The molecule has 0 aliphatic rings. The van der Waals surface area contributed by atoms with Crippen molar-refractivity contribution >= 4 is 20.0 Å². The van der Waals surface area contributed by atoms with Crippen LogP contribution in [0.4, 0.5) is 5.82 Å². The molecule has 5 nitrogen and oxygen atoms in total. The van der Waals surface area contributed by atoms with E-state index < -0.39 is 0 Å². The van der Waals surface area contributed by atoms with Gasteiger partial charge in [0.2, 0.25) is 0 Å². The Morgan fingerprint density at radius 3 is 2.50 bits per heavy atom. The van der Waals surface area contributed by atoms with Crippen molar-refractivity contribution in [1.82, 2.24) is 15.4 Å². The predicted octanol–water partition coefficient (Wildman–Crippen LogP) is -1.44. The Labute approximate surface area is 47.7 Å². The van der Waals surface area contributed by atoms with E-state index in [0.717, 1.165) is 0 Å². The number of H-pyrrole nitrogens is 1. The summed E-state index contributed by atoms with van der Waals surface area (Å²) < 4.78 is 0. The summed E-state index contributed by atoms with van der Waals surface area (Å²) in [6, 6.07) is 0. The van der Waals surface area contributed by atoms with Gasteiger partial charge in [-0.1, -0.05) is 0 Å². The molecule has 0 fully saturated rings. The lowest BCUT2D eigenvalue weighted by atomic mass is 10.8. The normalized spacial score (nSPS) is 11.1. The third kappa shape index (κ3) is 0.778. The summed E-state index contributed by atoms with van der Waals surface area (Å²) in [5.41, 5.74) is 11.1. The maximum Gasteiger partial charge on any atom is 0.174 e. The monoisotopic (exact) mass is 131 g/mol. The third-order valence-electron chi connectivity index (χ3n) is 0.712. The number of hydrogen-bond donors (Lipinski definition) is 3. The average Bonchev–Trinajstić information content (AvgIpc) is 2.14. The molecule has 0 saturated heterocycles. The molecule has 44 valence electrons. The van der Waals surface area contributed by atoms with E-state index in [1.807, 2.05) is 0 Å². The summed E-state index contributed by atoms with van der Waals surface area (Å²) in [6.45, 7) is 0. The number of rotatable bonds is 1. The molecule has 6 heteroatoms. The Balaban J connectivity index is 2.92. The van der Waals surface area contributed by atoms with Gasteiger partial charge in [0, 0.05) is 8.73 Å². The van der Waals surface area contributed by atoms with Gasteiger partial charge in [0.05, 0.1) is 0 Å². The maximum atomic E-state index is 5.27. The first-order valence-electron chi connectivity index (χ1n) is 1.97. The summed E-state index contributed by atoms with van der Waals surface area (Å²) in [7, 11) is 0.123. The Hall–Kier alpha value is -0.670. The summed E-state index contributed by atoms with van der Waals surface area (Å²) in [5.74, 6) is 0.394. The summed E-state index contributed by atoms with van der Waals surface area (Å²) in [4.78, 5) is 0. The minimum atomic E-state index is 0.123. The van der Waals surface area contributed by atoms with E-state index in [2.05, 4.69) is 15.4 Å². The smallest absolute Gasteiger partial charge is 0.174 e. The Bertz CT molecular complexity index is 171. The van der Waals surface area contributed by atoms with Crippen molar-refractivity contribution in [3.05, 3.63) is 0 Å². The van der Waals surface area contributed by atoms with Crippen molar-refractivity contribution in [2.45, 2.75) is 0 Å². The van der Waals surface area contributed by atoms with Gasteiger partial charge >= 0.3 is 0 Å². The van der Waals surface area contributed by atoms with Gasteiger partial charge in [-0.2, -0.15) is 10.3 Å². The van der Waals surface area contributed by atoms with Gasteiger partial charge in [0.15, 0.2) is 5.82 Å². The fourth-order valence-electron chi connectivity index (χ4n) is 0.345. The van der Waals surface area contributed by atoms with E-state index in [9.17, 15) is 0 Å². The topological polar surface area (TPSA) is 93.6 Å². The molecular weight excluding hydrogens is 125 g/mol. The van der Waals surface area contributed by atoms with Crippen molar-refractivity contribution in [3.63, 3.8) is 0 Å². The standard InChI is InChI=1S/C2H6N5P/c3-1-2(8-4)6-7-5-1/h8H,4H2,(H3,3,5,6,7). The van der Waals surface area contributed by atoms with Crippen LogP contribution in [-0.4, -0.2) is 15.4 Å². The van der Waals surface area contributed by atoms with Crippen LogP contribution in [0.1, 0.15) is 0 Å². The van der Waals surface area contributed by atoms with Gasteiger partial charge in [0.25, 0.3) is 0 Å². The number of hydrogen-bond acceptors (Lipinski definition) is 4. The van der Waals surface area contributed by atoms with Gasteiger partial charge in [-0.3, -0.25) is 0 Å². The summed E-state index contributed by atoms with van der Waals surface area (Å²) in [5, 5.41) is 9.57. The fraction of sp³-hybridized carbons (Fsp3) is 0. The maximum absolute atomic E-state index is 5.27. The van der Waals surface area contributed by atoms with E-state index in [0.29, 0.717) is 11.3 Å². The zero-order chi connectivity index (χ0) is 5.98. The molecular formula is C2H6N5P. The number of aromatic nitrogens is 3. The molecule has 0 aromatic carbocycles. The molecule has 0 radical (unpaired) electrons. The molecule has 1 aromatic rings. The highest BCUT2D eigenvalue weighted by Crippen LogP contribution is 1.98. The van der Waals surface area contributed by atoms with E-state index >= 15 is 0 Å². The Morgan fingerprint density at radius 2 is 2.25 bits per heavy atom. The summed E-state index contributed by atoms with van der Waals surface area (Å²) >= 11 is 0. The van der Waals surface area contributed by atoms with Crippen molar-refractivity contribution in [2.75, 3.05) is 5.73 Å². The van der Waals surface area contributed by atoms with Gasteiger partial charge in [-0.15, -0.1) is 5.10 Å². The highest BCUT2D eigenvalue weighted by Gasteiger charge is 1.97. The molecule has 1 heterocycles. The van der Waals surface area contributed by atoms with Crippen LogP contribution in [0.5, 0.6) is 0 Å². The molecule has 0 aliphatic carbocycles. The van der Waals surface area contributed by atoms with Crippen LogP contribution in [-0.2, 0) is 0 Å². The first kappa shape index (κ1) is 5.47. The molecule has 0 aliphatic heterocycles. The van der Waals surface area contributed by atoms with E-state index in [4.69, 9.17) is 11.2 Å². The van der Waals surface area contributed by atoms with Crippen LogP contribution >= 0.6 is 8.73 Å². The second-order valence-electron chi connectivity index (χ2n) is 1.20. The van der Waals surface area contributed by atoms with E-state index in [1.54, 1.807) is 0 Å². The van der Waals surface area contributed by atoms with Crippen LogP contribution in [0.2, 0.25) is 0 Å². The van der Waals surface area contributed by atoms with Gasteiger partial charge in [-0.05, 0) is 0 Å². The molecule has 0 spiro atoms. The van der Waals surface area contributed by atoms with Crippen LogP contribution in [0.25, 0.3) is 0 Å². The fourth-order valence-corrected chi connectivity index (χ4v) is 0.664. The first-order valence-corrected chi connectivity index (χ1v) is 3.05. The minimum Gasteiger partial charge on any atom is -0.380 e. The van der Waals surface area contributed by atoms with Crippen LogP contribution in [0, 0.1) is 0 Å². The van der Waals surface area contributed by atoms with E-state index in [1.165, 1.54) is 0 Å². The lowest BCUT2D eigenvalue weighted by Gasteiger charge is -1.83. The SMILES string of the molecule is NPc1n[nH]nc1N. The molecule has 5 N–H and O–H groups in total. The molecule has 1 aromatic heterocycles. The summed E-state index contributed by atoms with van der Waals surface area (Å²) in [6.07, 6.45) is 0. The highest BCUT2D eigenvalue weighted by atomic mass is 31.1. The largest absolute Gasteiger partial charge is 0.380 e. The molecule has 1 atom stereocenters. The van der Waals surface area contributed by atoms with Crippen LogP contribution < -0.4 is 16.7 Å². The van der Waals surface area contributed by atoms with Crippen molar-refractivity contribution in [3.8, 4) is 0 Å². The molecule has 0 bridgehead atoms. The van der Waals surface area contributed by atoms with Crippen molar-refractivity contribution in [2.24, 2.45) is 5.50 Å². The number of anilines is 1. The molecule has 1 unspecified atom stereocenters. The average molecular weight is 131 g/mol. The number of nitrogens with one attached hydrogen (secondary N) is 1. The third-order valence-corrected chi connectivity index (χ3v) is 1.35. The second kappa shape index (κ2) is 2.07. The van der Waals surface area contributed by atoms with Gasteiger partial charge in [0.1, 0.15) is 5.44 Å². The number of nitrogens with two attached hydrogens (primary N) is 2. The van der Waals surface area contributed by atoms with Crippen molar-refractivity contribution < 1.29 is 0 Å². The Kier molecular flexibility index (Phi) is 1.41. The Morgan fingerprint density at radius 1 is 1.50 bits per heavy atom. The lowest BCUT2D eigenvalue weighted by Crippen LogP contribution is -2.05. The second-order valence-corrected chi connectivity index (χ2v) is 1.96. The molecule has 8 heavy (non-hydrogen) atoms. The zero-order valence-corrected chi connectivity index (χ0v) is 5.05. The minimum absolute atomic E-state index is 0.123. The van der Waals surface area contributed by atoms with Gasteiger partial charge < -0.3 is 11.2 Å². The quantitative estimate of drug-likeness (QED) is 0.407. The number of nitrogens with zero attached hydrogens (tertiary/aromatic N) is 2. The number of nitrogen functional groups attached to an aromatic ring is 1. The van der Waals surface area contributed by atoms with Gasteiger partial charge in [-0.25, -0.2) is 0 Å². The van der Waals surface area contributed by atoms with Crippen LogP contribution in [0.3, 0.4) is 0 Å². The van der Waals surface area contributed by atoms with Crippen LogP contribution in [0.15, 0.2) is 0 Å². The molecule has 0 amide bonds. The lowest BCUT2D eigenvalue weighted by molar-refractivity contribution is 0.950. The zero-order valence-electron chi connectivity index (χ0n) is 4.05. The molecule has 1 rings (SSSR count). The first-order chi connectivity index (χ1) is 3.84. The van der Waals surface area contributed by atoms with Crippen molar-refractivity contribution in [1.29, 1.82) is 0 Å². The molecule has 0 saturated carbocycles. The predicted molar refractivity (Wildman–Crippen MR) is 32.9 cm³/mol. The van der Waals surface area contributed by atoms with E-state index in [-0.39, 0.29) is 8.73 Å².